The maximum Gasteiger partial charge on any atom is 0.120 e. The minimum absolute atomic E-state index is 0.0284. The third-order valence-corrected chi connectivity index (χ3v) is 2.38. The molecule has 0 aliphatic heterocycles. The van der Waals surface area contributed by atoms with Crippen LogP contribution in [0.4, 0.5) is 0 Å². The first-order valence-electron chi connectivity index (χ1n) is 5.15. The molecule has 0 radical (unpaired) electrons. The van der Waals surface area contributed by atoms with Crippen molar-refractivity contribution in [2.45, 2.75) is 0 Å². The molecule has 84 valence electrons. The average Bonchev–Trinajstić information content (AvgIpc) is 2.35. The van der Waals surface area contributed by atoms with Gasteiger partial charge in [-0.3, -0.25) is 0 Å². The number of ether oxygens (including phenoxy) is 2. The van der Waals surface area contributed by atoms with Crippen molar-refractivity contribution in [2.24, 2.45) is 0 Å². The van der Waals surface area contributed by atoms with Crippen LogP contribution in [0.25, 0.3) is 10.8 Å². The lowest BCUT2D eigenvalue weighted by molar-refractivity contribution is 0.201. The van der Waals surface area contributed by atoms with Gasteiger partial charge in [-0.1, -0.05) is 12.1 Å². The van der Waals surface area contributed by atoms with Gasteiger partial charge in [0.1, 0.15) is 18.1 Å². The molecule has 0 fully saturated rings. The van der Waals surface area contributed by atoms with Gasteiger partial charge in [-0.25, -0.2) is 0 Å². The zero-order valence-corrected chi connectivity index (χ0v) is 9.14. The molecular formula is C13H14O3. The molecule has 2 aromatic rings. The van der Waals surface area contributed by atoms with Crippen LogP contribution in [0.15, 0.2) is 36.4 Å². The highest BCUT2D eigenvalue weighted by Gasteiger charge is 1.99. The fourth-order valence-corrected chi connectivity index (χ4v) is 1.58. The number of hydrogen-bond acceptors (Lipinski definition) is 3. The summed E-state index contributed by atoms with van der Waals surface area (Å²) >= 11 is 0. The second kappa shape index (κ2) is 4.86. The summed E-state index contributed by atoms with van der Waals surface area (Å²) in [6, 6.07) is 11.7. The fraction of sp³-hybridized carbons (Fsp3) is 0.231. The summed E-state index contributed by atoms with van der Waals surface area (Å²) < 4.78 is 10.5. The molecule has 1 N–H and O–H groups in total. The Balaban J connectivity index is 2.32. The summed E-state index contributed by atoms with van der Waals surface area (Å²) in [4.78, 5) is 0. The fourth-order valence-electron chi connectivity index (χ4n) is 1.58. The number of aliphatic hydroxyl groups is 1. The Bertz CT molecular complexity index is 480. The summed E-state index contributed by atoms with van der Waals surface area (Å²) in [5.41, 5.74) is 0. The van der Waals surface area contributed by atoms with E-state index >= 15 is 0 Å². The molecule has 0 saturated carbocycles. The van der Waals surface area contributed by atoms with Crippen molar-refractivity contribution in [3.63, 3.8) is 0 Å². The van der Waals surface area contributed by atoms with Crippen LogP contribution < -0.4 is 9.47 Å². The van der Waals surface area contributed by atoms with Gasteiger partial charge in [0.25, 0.3) is 0 Å². The van der Waals surface area contributed by atoms with Gasteiger partial charge in [-0.2, -0.15) is 0 Å². The highest BCUT2D eigenvalue weighted by atomic mass is 16.5. The van der Waals surface area contributed by atoms with Crippen LogP contribution >= 0.6 is 0 Å². The first kappa shape index (κ1) is 10.8. The molecule has 0 unspecified atom stereocenters. The van der Waals surface area contributed by atoms with E-state index < -0.39 is 0 Å². The van der Waals surface area contributed by atoms with Gasteiger partial charge in [-0.05, 0) is 35.0 Å². The number of rotatable bonds is 4. The summed E-state index contributed by atoms with van der Waals surface area (Å²) in [5.74, 6) is 1.61. The minimum atomic E-state index is 0.0284. The van der Waals surface area contributed by atoms with Crippen LogP contribution in [0.2, 0.25) is 0 Å². The highest BCUT2D eigenvalue weighted by molar-refractivity contribution is 5.85. The molecule has 0 saturated heterocycles. The number of hydrogen-bond donors (Lipinski definition) is 1. The molecule has 16 heavy (non-hydrogen) atoms. The van der Waals surface area contributed by atoms with Crippen molar-refractivity contribution >= 4 is 10.8 Å². The zero-order valence-electron chi connectivity index (χ0n) is 9.14. The maximum atomic E-state index is 8.67. The van der Waals surface area contributed by atoms with E-state index in [9.17, 15) is 0 Å². The number of benzene rings is 2. The monoisotopic (exact) mass is 218 g/mol. The lowest BCUT2D eigenvalue weighted by atomic mass is 10.1. The summed E-state index contributed by atoms with van der Waals surface area (Å²) in [7, 11) is 1.65. The molecule has 0 aromatic heterocycles. The highest BCUT2D eigenvalue weighted by Crippen LogP contribution is 2.24. The Morgan fingerprint density at radius 3 is 2.25 bits per heavy atom. The van der Waals surface area contributed by atoms with Gasteiger partial charge in [0.2, 0.25) is 0 Å². The molecule has 2 rings (SSSR count). The lowest BCUT2D eigenvalue weighted by Crippen LogP contribution is -2.01. The van der Waals surface area contributed by atoms with Gasteiger partial charge in [-0.15, -0.1) is 0 Å². The van der Waals surface area contributed by atoms with E-state index in [-0.39, 0.29) is 6.61 Å². The molecule has 2 aromatic carbocycles. The predicted molar refractivity (Wildman–Crippen MR) is 63.1 cm³/mol. The number of fused-ring (bicyclic) bond motifs is 1. The van der Waals surface area contributed by atoms with Crippen molar-refractivity contribution in [1.82, 2.24) is 0 Å². The zero-order chi connectivity index (χ0) is 11.4. The normalized spacial score (nSPS) is 10.4. The molecule has 0 spiro atoms. The second-order valence-corrected chi connectivity index (χ2v) is 3.45. The van der Waals surface area contributed by atoms with E-state index in [4.69, 9.17) is 14.6 Å². The summed E-state index contributed by atoms with van der Waals surface area (Å²) in [6.07, 6.45) is 0. The van der Waals surface area contributed by atoms with E-state index in [1.165, 1.54) is 0 Å². The number of methoxy groups -OCH3 is 1. The smallest absolute Gasteiger partial charge is 0.120 e. The van der Waals surface area contributed by atoms with Crippen LogP contribution in [0, 0.1) is 0 Å². The van der Waals surface area contributed by atoms with Gasteiger partial charge >= 0.3 is 0 Å². The van der Waals surface area contributed by atoms with Crippen molar-refractivity contribution < 1.29 is 14.6 Å². The Kier molecular flexibility index (Phi) is 3.27. The van der Waals surface area contributed by atoms with E-state index in [0.717, 1.165) is 22.3 Å². The van der Waals surface area contributed by atoms with Crippen molar-refractivity contribution in [1.29, 1.82) is 0 Å². The van der Waals surface area contributed by atoms with Gasteiger partial charge in [0.15, 0.2) is 0 Å². The lowest BCUT2D eigenvalue weighted by Gasteiger charge is -2.06. The van der Waals surface area contributed by atoms with Gasteiger partial charge < -0.3 is 14.6 Å². The average molecular weight is 218 g/mol. The van der Waals surface area contributed by atoms with Gasteiger partial charge in [0, 0.05) is 0 Å². The van der Waals surface area contributed by atoms with Crippen LogP contribution in [-0.2, 0) is 0 Å². The Morgan fingerprint density at radius 1 is 1.00 bits per heavy atom. The number of aliphatic hydroxyl groups excluding tert-OH is 1. The quantitative estimate of drug-likeness (QED) is 0.855. The molecule has 0 amide bonds. The Labute approximate surface area is 94.2 Å². The first-order chi connectivity index (χ1) is 7.83. The minimum Gasteiger partial charge on any atom is -0.497 e. The maximum absolute atomic E-state index is 8.67. The molecule has 3 nitrogen and oxygen atoms in total. The molecule has 0 heterocycles. The SMILES string of the molecule is COc1ccc2cc(OCCO)ccc2c1. The van der Waals surface area contributed by atoms with Crippen LogP contribution in [0.5, 0.6) is 11.5 Å². The third-order valence-electron chi connectivity index (χ3n) is 2.38. The molecular weight excluding hydrogens is 204 g/mol. The van der Waals surface area contributed by atoms with Crippen LogP contribution in [-0.4, -0.2) is 25.4 Å². The van der Waals surface area contributed by atoms with Crippen molar-refractivity contribution in [3.05, 3.63) is 36.4 Å². The largest absolute Gasteiger partial charge is 0.497 e. The summed E-state index contributed by atoms with van der Waals surface area (Å²) in [5, 5.41) is 10.9. The van der Waals surface area contributed by atoms with Crippen molar-refractivity contribution in [3.8, 4) is 11.5 Å². The molecule has 3 heteroatoms. The van der Waals surface area contributed by atoms with Gasteiger partial charge in [0.05, 0.1) is 13.7 Å². The van der Waals surface area contributed by atoms with E-state index in [1.807, 2.05) is 36.4 Å². The first-order valence-corrected chi connectivity index (χ1v) is 5.15. The second-order valence-electron chi connectivity index (χ2n) is 3.45. The van der Waals surface area contributed by atoms with E-state index in [2.05, 4.69) is 0 Å². The Hall–Kier alpha value is -1.74. The molecule has 0 aliphatic carbocycles. The molecule has 0 atom stereocenters. The molecule has 0 aliphatic rings. The molecule has 0 bridgehead atoms. The van der Waals surface area contributed by atoms with Crippen molar-refractivity contribution in [2.75, 3.05) is 20.3 Å². The standard InChI is InChI=1S/C13H14O3/c1-15-12-4-2-11-9-13(16-7-6-14)5-3-10(11)8-12/h2-5,8-9,14H,6-7H2,1H3. The van der Waals surface area contributed by atoms with Crippen LogP contribution in [0.1, 0.15) is 0 Å². The predicted octanol–water partition coefficient (Wildman–Crippen LogP) is 2.22. The Morgan fingerprint density at radius 2 is 1.62 bits per heavy atom. The topological polar surface area (TPSA) is 38.7 Å². The van der Waals surface area contributed by atoms with Crippen LogP contribution in [0.3, 0.4) is 0 Å². The third kappa shape index (κ3) is 2.25. The van der Waals surface area contributed by atoms with E-state index in [1.54, 1.807) is 7.11 Å². The summed E-state index contributed by atoms with van der Waals surface area (Å²) in [6.45, 7) is 0.350. The van der Waals surface area contributed by atoms with E-state index in [0.29, 0.717) is 6.61 Å².